The van der Waals surface area contributed by atoms with Crippen molar-refractivity contribution >= 4 is 35.5 Å². The van der Waals surface area contributed by atoms with Crippen LogP contribution in [0.15, 0.2) is 0 Å². The third-order valence-corrected chi connectivity index (χ3v) is 9.80. The molecule has 0 saturated carbocycles. The molecule has 15 nitrogen and oxygen atoms in total. The molecule has 4 aliphatic rings. The Hall–Kier alpha value is -3.30. The van der Waals surface area contributed by atoms with Crippen LogP contribution in [0.3, 0.4) is 0 Å². The Kier molecular flexibility index (Phi) is 12.1. The van der Waals surface area contributed by atoms with Gasteiger partial charge in [-0.05, 0) is 49.4 Å². The fourth-order valence-electron chi connectivity index (χ4n) is 7.11. The van der Waals surface area contributed by atoms with Gasteiger partial charge in [-0.3, -0.25) is 34.0 Å². The second-order valence-corrected chi connectivity index (χ2v) is 15.0. The van der Waals surface area contributed by atoms with Crippen molar-refractivity contribution in [1.82, 2.24) is 36.0 Å². The molecule has 0 aromatic heterocycles. The molecule has 4 rings (SSSR count). The molecule has 270 valence electrons. The summed E-state index contributed by atoms with van der Waals surface area (Å²) in [7, 11) is 1.51. The highest BCUT2D eigenvalue weighted by atomic mass is 16.6. The summed E-state index contributed by atoms with van der Waals surface area (Å²) in [6, 6.07) is -5.18. The zero-order chi connectivity index (χ0) is 35.6. The molecule has 0 bridgehead atoms. The first kappa shape index (κ1) is 37.5. The third kappa shape index (κ3) is 7.94. The van der Waals surface area contributed by atoms with Crippen LogP contribution in [0.25, 0.3) is 0 Å². The molecule has 0 aliphatic carbocycles. The number of fused-ring (bicyclic) bond motifs is 3. The fourth-order valence-corrected chi connectivity index (χ4v) is 7.11. The van der Waals surface area contributed by atoms with Crippen LogP contribution >= 0.6 is 0 Å². The summed E-state index contributed by atoms with van der Waals surface area (Å²) in [4.78, 5) is 87.5. The standard InChI is InChI=1S/C33H55N7O8/c1-17(2)12-24-30(44)38-16-20(7)13-23(38)28(42)36-26(18(3)4)33(47)48-27(19(5)6)32(46)39-22(10-9-11-34-39)31(45)40-25(29(43)37(24)8)14-21(41)15-35-40/h17-27,34-35,41H,9-16H2,1-8H3,(H,36,42)/t20-,21-,22+,23-,24+,25-,26+,27-/m0/s1. The number of nitrogens with one attached hydrogen (secondary N) is 3. The molecule has 4 heterocycles. The van der Waals surface area contributed by atoms with Gasteiger partial charge in [0.25, 0.3) is 11.8 Å². The number of carbonyl (C=O) groups excluding carboxylic acids is 6. The van der Waals surface area contributed by atoms with Gasteiger partial charge in [0.1, 0.15) is 30.2 Å². The van der Waals surface area contributed by atoms with Gasteiger partial charge in [-0.2, -0.15) is 0 Å². The second-order valence-electron chi connectivity index (χ2n) is 15.0. The molecular weight excluding hydrogens is 622 g/mol. The van der Waals surface area contributed by atoms with Crippen molar-refractivity contribution in [3.8, 4) is 0 Å². The van der Waals surface area contributed by atoms with Gasteiger partial charge in [0.15, 0.2) is 6.10 Å². The molecule has 48 heavy (non-hydrogen) atoms. The van der Waals surface area contributed by atoms with Crippen LogP contribution in [0.1, 0.15) is 80.6 Å². The molecule has 0 aromatic carbocycles. The van der Waals surface area contributed by atoms with Crippen molar-refractivity contribution in [3.63, 3.8) is 0 Å². The highest BCUT2D eigenvalue weighted by molar-refractivity contribution is 5.97. The van der Waals surface area contributed by atoms with Gasteiger partial charge in [0.05, 0.1) is 6.10 Å². The van der Waals surface area contributed by atoms with Crippen LogP contribution in [-0.2, 0) is 33.5 Å². The summed E-state index contributed by atoms with van der Waals surface area (Å²) < 4.78 is 5.84. The topological polar surface area (TPSA) is 181 Å². The average molecular weight is 678 g/mol. The first-order valence-corrected chi connectivity index (χ1v) is 17.4. The van der Waals surface area contributed by atoms with Crippen molar-refractivity contribution in [3.05, 3.63) is 0 Å². The molecule has 4 N–H and O–H groups in total. The predicted molar refractivity (Wildman–Crippen MR) is 174 cm³/mol. The monoisotopic (exact) mass is 677 g/mol. The highest BCUT2D eigenvalue weighted by Crippen LogP contribution is 2.29. The lowest BCUT2D eigenvalue weighted by Crippen LogP contribution is -2.69. The highest BCUT2D eigenvalue weighted by Gasteiger charge is 2.48. The number of hydrazine groups is 2. The van der Waals surface area contributed by atoms with Gasteiger partial charge in [-0.1, -0.05) is 48.5 Å². The normalized spacial score (nSPS) is 33.4. The number of likely N-dealkylation sites (N-methyl/N-ethyl adjacent to an activating group) is 1. The number of rotatable bonds is 4. The van der Waals surface area contributed by atoms with Crippen molar-refractivity contribution in [1.29, 1.82) is 0 Å². The van der Waals surface area contributed by atoms with E-state index in [4.69, 9.17) is 4.74 Å². The van der Waals surface area contributed by atoms with E-state index in [2.05, 4.69) is 16.2 Å². The van der Waals surface area contributed by atoms with Gasteiger partial charge in [0, 0.05) is 33.1 Å². The number of amides is 5. The first-order chi connectivity index (χ1) is 22.5. The summed E-state index contributed by atoms with van der Waals surface area (Å²) in [5.74, 6) is -4.34. The number of ether oxygens (including phenoxy) is 1. The third-order valence-electron chi connectivity index (χ3n) is 9.80. The molecule has 15 heteroatoms. The molecule has 5 amide bonds. The number of aliphatic hydroxyl groups is 1. The minimum atomic E-state index is -1.28. The quantitative estimate of drug-likeness (QED) is 0.291. The zero-order valence-corrected chi connectivity index (χ0v) is 29.6. The maximum absolute atomic E-state index is 14.4. The molecule has 0 spiro atoms. The largest absolute Gasteiger partial charge is 0.450 e. The van der Waals surface area contributed by atoms with Gasteiger partial charge in [-0.15, -0.1) is 0 Å². The molecule has 4 aliphatic heterocycles. The number of esters is 1. The maximum Gasteiger partial charge on any atom is 0.329 e. The van der Waals surface area contributed by atoms with Gasteiger partial charge in [-0.25, -0.2) is 15.6 Å². The van der Waals surface area contributed by atoms with Crippen molar-refractivity contribution < 1.29 is 38.6 Å². The molecule has 4 fully saturated rings. The SMILES string of the molecule is CC(C)C[C@@H]1C(=O)N2C[C@@H](C)C[C@H]2C(=O)N[C@H](C(C)C)C(=O)O[C@@H](C(C)C)C(=O)N2NCCC[C@@H]2C(=O)N2NC[C@@H](O)C[C@H]2C(=O)N1C. The predicted octanol–water partition coefficient (Wildman–Crippen LogP) is -0.219. The second kappa shape index (κ2) is 15.5. The van der Waals surface area contributed by atoms with Crippen LogP contribution in [0.2, 0.25) is 0 Å². The first-order valence-electron chi connectivity index (χ1n) is 17.4. The Balaban J connectivity index is 1.83. The zero-order valence-electron chi connectivity index (χ0n) is 29.6. The number of aliphatic hydroxyl groups excluding tert-OH is 1. The number of carbonyl (C=O) groups is 6. The number of hydrogen-bond acceptors (Lipinski definition) is 10. The molecule has 8 atom stereocenters. The van der Waals surface area contributed by atoms with Crippen molar-refractivity contribution in [2.75, 3.05) is 26.7 Å². The smallest absolute Gasteiger partial charge is 0.329 e. The lowest BCUT2D eigenvalue weighted by atomic mass is 9.97. The van der Waals surface area contributed by atoms with E-state index in [9.17, 15) is 33.9 Å². The van der Waals surface area contributed by atoms with Gasteiger partial charge in [0.2, 0.25) is 17.7 Å². The Morgan fingerprint density at radius 2 is 1.50 bits per heavy atom. The summed E-state index contributed by atoms with van der Waals surface area (Å²) in [6.07, 6.45) is -0.806. The van der Waals surface area contributed by atoms with Gasteiger partial charge < -0.3 is 25.0 Å². The van der Waals surface area contributed by atoms with Crippen molar-refractivity contribution in [2.24, 2.45) is 23.7 Å². The molecular formula is C33H55N7O8. The fraction of sp³-hybridized carbons (Fsp3) is 0.818. The summed E-state index contributed by atoms with van der Waals surface area (Å²) in [5.41, 5.74) is 5.90. The van der Waals surface area contributed by atoms with Crippen LogP contribution in [-0.4, -0.2) is 130 Å². The Morgan fingerprint density at radius 3 is 2.12 bits per heavy atom. The van der Waals surface area contributed by atoms with E-state index >= 15 is 0 Å². The summed E-state index contributed by atoms with van der Waals surface area (Å²) in [5, 5.41) is 15.8. The van der Waals surface area contributed by atoms with E-state index in [0.29, 0.717) is 25.8 Å². The number of β-amino-alcohol motifs (C(OH)–C–C–N with tert-alkyl or cyclic N) is 1. The van der Waals surface area contributed by atoms with E-state index in [1.165, 1.54) is 26.9 Å². The van der Waals surface area contributed by atoms with Gasteiger partial charge >= 0.3 is 5.97 Å². The van der Waals surface area contributed by atoms with Crippen LogP contribution in [0, 0.1) is 23.7 Å². The molecule has 4 saturated heterocycles. The minimum absolute atomic E-state index is 0.00551. The Labute approximate surface area is 283 Å². The molecule has 0 aromatic rings. The van der Waals surface area contributed by atoms with E-state index in [1.54, 1.807) is 27.7 Å². The number of hydrogen-bond donors (Lipinski definition) is 4. The van der Waals surface area contributed by atoms with E-state index in [-0.39, 0.29) is 37.8 Å². The van der Waals surface area contributed by atoms with Crippen molar-refractivity contribution in [2.45, 2.75) is 123 Å². The minimum Gasteiger partial charge on any atom is -0.450 e. The van der Waals surface area contributed by atoms with Crippen LogP contribution in [0.4, 0.5) is 0 Å². The number of nitrogens with zero attached hydrogens (tertiary/aromatic N) is 4. The molecule has 0 unspecified atom stereocenters. The maximum atomic E-state index is 14.4. The lowest BCUT2D eigenvalue weighted by Gasteiger charge is -2.45. The molecule has 0 radical (unpaired) electrons. The average Bonchev–Trinajstić information content (AvgIpc) is 3.43. The van der Waals surface area contributed by atoms with E-state index in [0.717, 1.165) is 0 Å². The van der Waals surface area contributed by atoms with E-state index < -0.39 is 89.8 Å². The van der Waals surface area contributed by atoms with Crippen LogP contribution < -0.4 is 16.2 Å². The Morgan fingerprint density at radius 1 is 0.833 bits per heavy atom. The summed E-state index contributed by atoms with van der Waals surface area (Å²) in [6.45, 7) is 13.4. The Bertz CT molecular complexity index is 1240. The number of cyclic esters (lactones) is 1. The van der Waals surface area contributed by atoms with Crippen LogP contribution in [0.5, 0.6) is 0 Å². The summed E-state index contributed by atoms with van der Waals surface area (Å²) >= 11 is 0. The lowest BCUT2D eigenvalue weighted by molar-refractivity contribution is -0.175. The van der Waals surface area contributed by atoms with E-state index in [1.807, 2.05) is 20.8 Å².